The average molecular weight is 171 g/mol. The van der Waals surface area contributed by atoms with Crippen LogP contribution in [0.5, 0.6) is 5.75 Å². The number of hydrogen-bond donors (Lipinski definition) is 1. The Labute approximate surface area is 71.6 Å². The Morgan fingerprint density at radius 1 is 1.27 bits per heavy atom. The van der Waals surface area contributed by atoms with Crippen LogP contribution in [0.25, 0.3) is 0 Å². The van der Waals surface area contributed by atoms with Crippen LogP contribution < -0.4 is 0 Å². The van der Waals surface area contributed by atoms with Gasteiger partial charge < -0.3 is 5.11 Å². The van der Waals surface area contributed by atoms with Gasteiger partial charge in [-0.15, -0.1) is 11.6 Å². The highest BCUT2D eigenvalue weighted by atomic mass is 35.5. The molecular formula is C9H11ClO. The predicted octanol–water partition coefficient (Wildman–Crippen LogP) is 2.75. The van der Waals surface area contributed by atoms with Crippen LogP contribution in [0.15, 0.2) is 12.1 Å². The smallest absolute Gasteiger partial charge is 0.123 e. The number of phenols is 1. The molecule has 2 heteroatoms. The maximum absolute atomic E-state index is 9.49. The van der Waals surface area contributed by atoms with Gasteiger partial charge in [-0.25, -0.2) is 0 Å². The maximum atomic E-state index is 9.49. The maximum Gasteiger partial charge on any atom is 0.123 e. The summed E-state index contributed by atoms with van der Waals surface area (Å²) in [5.74, 6) is 0.708. The van der Waals surface area contributed by atoms with Crippen molar-refractivity contribution in [3.63, 3.8) is 0 Å². The summed E-state index contributed by atoms with van der Waals surface area (Å²) in [6, 6.07) is 3.85. The third-order valence-electron chi connectivity index (χ3n) is 1.85. The van der Waals surface area contributed by atoms with Gasteiger partial charge in [-0.05, 0) is 25.0 Å². The Morgan fingerprint density at radius 2 is 1.82 bits per heavy atom. The molecule has 0 aromatic heterocycles. The molecule has 0 saturated heterocycles. The molecule has 1 aromatic carbocycles. The van der Waals surface area contributed by atoms with Crippen LogP contribution in [0.4, 0.5) is 0 Å². The number of halogens is 1. The molecular weight excluding hydrogens is 160 g/mol. The molecule has 1 nitrogen and oxygen atoms in total. The number of aryl methyl sites for hydroxylation is 2. The molecule has 60 valence electrons. The third kappa shape index (κ3) is 1.48. The Hall–Kier alpha value is -0.690. The SMILES string of the molecule is Cc1ccc(C)c(CCl)c1O. The van der Waals surface area contributed by atoms with Crippen molar-refractivity contribution in [3.05, 3.63) is 28.8 Å². The Morgan fingerprint density at radius 3 is 2.27 bits per heavy atom. The summed E-state index contributed by atoms with van der Waals surface area (Å²) >= 11 is 5.65. The molecule has 0 aliphatic heterocycles. The van der Waals surface area contributed by atoms with Crippen LogP contribution >= 0.6 is 11.6 Å². The summed E-state index contributed by atoms with van der Waals surface area (Å²) in [6.45, 7) is 3.81. The summed E-state index contributed by atoms with van der Waals surface area (Å²) in [5.41, 5.74) is 2.76. The van der Waals surface area contributed by atoms with Crippen molar-refractivity contribution >= 4 is 11.6 Å². The Kier molecular flexibility index (Phi) is 2.40. The average Bonchev–Trinajstić information content (AvgIpc) is 1.99. The van der Waals surface area contributed by atoms with Gasteiger partial charge in [0, 0.05) is 5.56 Å². The lowest BCUT2D eigenvalue weighted by molar-refractivity contribution is 0.465. The molecule has 11 heavy (non-hydrogen) atoms. The monoisotopic (exact) mass is 170 g/mol. The first kappa shape index (κ1) is 8.41. The topological polar surface area (TPSA) is 20.2 Å². The second kappa shape index (κ2) is 3.14. The van der Waals surface area contributed by atoms with Gasteiger partial charge in [0.2, 0.25) is 0 Å². The van der Waals surface area contributed by atoms with E-state index in [1.807, 2.05) is 26.0 Å². The van der Waals surface area contributed by atoms with E-state index in [4.69, 9.17) is 11.6 Å². The minimum absolute atomic E-state index is 0.333. The minimum atomic E-state index is 0.333. The zero-order chi connectivity index (χ0) is 8.43. The van der Waals surface area contributed by atoms with Crippen molar-refractivity contribution < 1.29 is 5.11 Å². The van der Waals surface area contributed by atoms with E-state index in [-0.39, 0.29) is 0 Å². The number of benzene rings is 1. The van der Waals surface area contributed by atoms with E-state index in [1.165, 1.54) is 0 Å². The van der Waals surface area contributed by atoms with E-state index in [9.17, 15) is 5.11 Å². The van der Waals surface area contributed by atoms with E-state index in [0.717, 1.165) is 16.7 Å². The summed E-state index contributed by atoms with van der Waals surface area (Å²) < 4.78 is 0. The molecule has 0 bridgehead atoms. The molecule has 0 unspecified atom stereocenters. The van der Waals surface area contributed by atoms with Gasteiger partial charge in [0.25, 0.3) is 0 Å². The number of rotatable bonds is 1. The van der Waals surface area contributed by atoms with Crippen molar-refractivity contribution in [1.82, 2.24) is 0 Å². The zero-order valence-electron chi connectivity index (χ0n) is 6.69. The highest BCUT2D eigenvalue weighted by Crippen LogP contribution is 2.26. The van der Waals surface area contributed by atoms with Crippen LogP contribution in [-0.2, 0) is 5.88 Å². The van der Waals surface area contributed by atoms with E-state index in [2.05, 4.69) is 0 Å². The number of phenolic OH excluding ortho intramolecular Hbond substituents is 1. The largest absolute Gasteiger partial charge is 0.507 e. The highest BCUT2D eigenvalue weighted by Gasteiger charge is 2.04. The lowest BCUT2D eigenvalue weighted by Crippen LogP contribution is -1.87. The number of hydrogen-bond acceptors (Lipinski definition) is 1. The molecule has 1 aromatic rings. The second-order valence-electron chi connectivity index (χ2n) is 2.66. The van der Waals surface area contributed by atoms with Gasteiger partial charge in [-0.1, -0.05) is 12.1 Å². The van der Waals surface area contributed by atoms with Crippen molar-refractivity contribution in [2.24, 2.45) is 0 Å². The summed E-state index contributed by atoms with van der Waals surface area (Å²) in [4.78, 5) is 0. The lowest BCUT2D eigenvalue weighted by atomic mass is 10.1. The first-order valence-electron chi connectivity index (χ1n) is 3.51. The fourth-order valence-corrected chi connectivity index (χ4v) is 1.36. The molecule has 0 heterocycles. The molecule has 0 radical (unpaired) electrons. The molecule has 1 rings (SSSR count). The second-order valence-corrected chi connectivity index (χ2v) is 2.93. The molecule has 0 atom stereocenters. The normalized spacial score (nSPS) is 10.1. The van der Waals surface area contributed by atoms with Gasteiger partial charge in [-0.2, -0.15) is 0 Å². The van der Waals surface area contributed by atoms with Gasteiger partial charge in [0.1, 0.15) is 5.75 Å². The van der Waals surface area contributed by atoms with Gasteiger partial charge in [-0.3, -0.25) is 0 Å². The molecule has 0 aliphatic carbocycles. The van der Waals surface area contributed by atoms with Crippen molar-refractivity contribution in [2.45, 2.75) is 19.7 Å². The van der Waals surface area contributed by atoms with E-state index in [0.29, 0.717) is 11.6 Å². The predicted molar refractivity (Wildman–Crippen MR) is 47.1 cm³/mol. The Balaban J connectivity index is 3.29. The minimum Gasteiger partial charge on any atom is -0.507 e. The van der Waals surface area contributed by atoms with Crippen molar-refractivity contribution in [3.8, 4) is 5.75 Å². The summed E-state index contributed by atoms with van der Waals surface area (Å²) in [5, 5.41) is 9.49. The van der Waals surface area contributed by atoms with Crippen LogP contribution in [0.3, 0.4) is 0 Å². The first-order chi connectivity index (χ1) is 5.16. The van der Waals surface area contributed by atoms with Crippen molar-refractivity contribution in [1.29, 1.82) is 0 Å². The van der Waals surface area contributed by atoms with E-state index < -0.39 is 0 Å². The van der Waals surface area contributed by atoms with Crippen LogP contribution in [0, 0.1) is 13.8 Å². The molecule has 0 amide bonds. The van der Waals surface area contributed by atoms with Gasteiger partial charge in [0.05, 0.1) is 5.88 Å². The molecule has 1 N–H and O–H groups in total. The van der Waals surface area contributed by atoms with Crippen LogP contribution in [-0.4, -0.2) is 5.11 Å². The standard InChI is InChI=1S/C9H11ClO/c1-6-3-4-7(2)9(11)8(6)5-10/h3-4,11H,5H2,1-2H3. The third-order valence-corrected chi connectivity index (χ3v) is 2.12. The first-order valence-corrected chi connectivity index (χ1v) is 4.04. The van der Waals surface area contributed by atoms with Crippen LogP contribution in [0.1, 0.15) is 16.7 Å². The summed E-state index contributed by atoms with van der Waals surface area (Å²) in [7, 11) is 0. The number of alkyl halides is 1. The van der Waals surface area contributed by atoms with Crippen molar-refractivity contribution in [2.75, 3.05) is 0 Å². The Bertz CT molecular complexity index is 269. The molecule has 0 fully saturated rings. The van der Waals surface area contributed by atoms with E-state index in [1.54, 1.807) is 0 Å². The zero-order valence-corrected chi connectivity index (χ0v) is 7.44. The van der Waals surface area contributed by atoms with Gasteiger partial charge >= 0.3 is 0 Å². The van der Waals surface area contributed by atoms with Crippen LogP contribution in [0.2, 0.25) is 0 Å². The highest BCUT2D eigenvalue weighted by molar-refractivity contribution is 6.17. The quantitative estimate of drug-likeness (QED) is 0.643. The molecule has 0 saturated carbocycles. The fraction of sp³-hybridized carbons (Fsp3) is 0.333. The summed E-state index contributed by atoms with van der Waals surface area (Å²) in [6.07, 6.45) is 0. The van der Waals surface area contributed by atoms with E-state index >= 15 is 0 Å². The number of aromatic hydroxyl groups is 1. The molecule has 0 aliphatic rings. The van der Waals surface area contributed by atoms with Gasteiger partial charge in [0.15, 0.2) is 0 Å². The lowest BCUT2D eigenvalue weighted by Gasteiger charge is -2.06. The molecule has 0 spiro atoms. The fourth-order valence-electron chi connectivity index (χ4n) is 1.02.